The van der Waals surface area contributed by atoms with E-state index in [2.05, 4.69) is 0 Å². The number of Topliss-reactive ketones (excluding diaryl/α,β-unsaturated/α-hetero) is 1. The van der Waals surface area contributed by atoms with Crippen LogP contribution in [0, 0.1) is 10.1 Å². The van der Waals surface area contributed by atoms with Crippen LogP contribution in [0.2, 0.25) is 10.0 Å². The molecule has 0 radical (unpaired) electrons. The fraction of sp³-hybridized carbons (Fsp3) is 0.0345. The number of rotatable bonds is 8. The molecule has 4 aromatic carbocycles. The van der Waals surface area contributed by atoms with Crippen LogP contribution in [0.1, 0.15) is 41.4 Å². The summed E-state index contributed by atoms with van der Waals surface area (Å²) in [4.78, 5) is 61.8. The Kier molecular flexibility index (Phi) is 7.52. The van der Waals surface area contributed by atoms with Crippen LogP contribution in [0.15, 0.2) is 84.9 Å². The topological polar surface area (TPSA) is 133 Å². The molecule has 0 saturated carbocycles. The van der Waals surface area contributed by atoms with Gasteiger partial charge < -0.3 is 9.47 Å². The molecule has 12 heteroatoms. The van der Waals surface area contributed by atoms with E-state index in [0.29, 0.717) is 11.5 Å². The number of amides is 2. The van der Waals surface area contributed by atoms with E-state index in [-0.39, 0.29) is 43.7 Å². The number of nitro groups is 1. The lowest BCUT2D eigenvalue weighted by atomic mass is 10.1. The fourth-order valence-electron chi connectivity index (χ4n) is 3.99. The quantitative estimate of drug-likeness (QED) is 0.0742. The van der Waals surface area contributed by atoms with E-state index < -0.39 is 35.1 Å². The predicted molar refractivity (Wildman–Crippen MR) is 148 cm³/mol. The summed E-state index contributed by atoms with van der Waals surface area (Å²) in [5.74, 6) is -1.60. The van der Waals surface area contributed by atoms with E-state index in [1.807, 2.05) is 0 Å². The summed E-state index contributed by atoms with van der Waals surface area (Å²) in [6.45, 7) is -0.525. The second-order valence-corrected chi connectivity index (χ2v) is 9.50. The number of benzene rings is 4. The van der Waals surface area contributed by atoms with Gasteiger partial charge >= 0.3 is 5.97 Å². The molecule has 5 rings (SSSR count). The minimum Gasteiger partial charge on any atom is -0.457 e. The van der Waals surface area contributed by atoms with Crippen molar-refractivity contribution in [3.8, 4) is 11.5 Å². The summed E-state index contributed by atoms with van der Waals surface area (Å²) in [7, 11) is 0. The molecule has 2 amide bonds. The van der Waals surface area contributed by atoms with Gasteiger partial charge in [-0.15, -0.1) is 0 Å². The number of ether oxygens (including phenoxy) is 2. The van der Waals surface area contributed by atoms with E-state index in [0.717, 1.165) is 4.90 Å². The van der Waals surface area contributed by atoms with Crippen LogP contribution in [0.5, 0.6) is 11.5 Å². The second-order valence-electron chi connectivity index (χ2n) is 8.68. The highest BCUT2D eigenvalue weighted by molar-refractivity contribution is 6.44. The Bertz CT molecular complexity index is 1680. The Balaban J connectivity index is 1.17. The van der Waals surface area contributed by atoms with E-state index in [4.69, 9.17) is 32.7 Å². The molecule has 1 aliphatic heterocycles. The average Bonchev–Trinajstić information content (AvgIpc) is 3.20. The number of hydrogen-bond donors (Lipinski definition) is 0. The maximum atomic E-state index is 12.8. The van der Waals surface area contributed by atoms with Gasteiger partial charge in [-0.1, -0.05) is 23.2 Å². The lowest BCUT2D eigenvalue weighted by molar-refractivity contribution is -0.384. The monoisotopic (exact) mass is 590 g/mol. The average molecular weight is 591 g/mol. The van der Waals surface area contributed by atoms with Gasteiger partial charge in [-0.2, -0.15) is 0 Å². The number of ketones is 1. The lowest BCUT2D eigenvalue weighted by Crippen LogP contribution is -2.29. The summed E-state index contributed by atoms with van der Waals surface area (Å²) in [6, 6.07) is 19.8. The summed E-state index contributed by atoms with van der Waals surface area (Å²) >= 11 is 12.0. The van der Waals surface area contributed by atoms with Crippen molar-refractivity contribution in [2.75, 3.05) is 11.5 Å². The van der Waals surface area contributed by atoms with Crippen molar-refractivity contribution in [3.63, 3.8) is 0 Å². The first-order valence-electron chi connectivity index (χ1n) is 11.8. The van der Waals surface area contributed by atoms with Gasteiger partial charge in [-0.05, 0) is 72.8 Å². The molecule has 10 nitrogen and oxygen atoms in total. The number of imide groups is 1. The first-order chi connectivity index (χ1) is 19.6. The molecule has 0 aliphatic carbocycles. The summed E-state index contributed by atoms with van der Waals surface area (Å²) in [5, 5.41) is 11.0. The van der Waals surface area contributed by atoms with Gasteiger partial charge in [0.1, 0.15) is 11.5 Å². The van der Waals surface area contributed by atoms with Gasteiger partial charge in [-0.3, -0.25) is 24.5 Å². The van der Waals surface area contributed by atoms with E-state index in [9.17, 15) is 29.3 Å². The number of non-ortho nitro benzene ring substituents is 1. The van der Waals surface area contributed by atoms with Crippen LogP contribution >= 0.6 is 23.2 Å². The number of halogens is 2. The zero-order chi connectivity index (χ0) is 29.3. The number of carbonyl (C=O) groups excluding carboxylic acids is 4. The molecule has 0 spiro atoms. The van der Waals surface area contributed by atoms with Crippen LogP contribution in [-0.4, -0.2) is 35.1 Å². The van der Waals surface area contributed by atoms with Crippen LogP contribution < -0.4 is 9.64 Å². The third-order valence-electron chi connectivity index (χ3n) is 6.08. The molecule has 0 aromatic heterocycles. The Morgan fingerprint density at radius 3 is 1.76 bits per heavy atom. The Morgan fingerprint density at radius 2 is 1.24 bits per heavy atom. The van der Waals surface area contributed by atoms with Crippen molar-refractivity contribution in [1.82, 2.24) is 0 Å². The first-order valence-corrected chi connectivity index (χ1v) is 12.6. The number of esters is 1. The van der Waals surface area contributed by atoms with Crippen LogP contribution in [-0.2, 0) is 4.74 Å². The molecule has 1 heterocycles. The molecular weight excluding hydrogens is 575 g/mol. The number of fused-ring (bicyclic) bond motifs is 1. The van der Waals surface area contributed by atoms with Crippen molar-refractivity contribution in [2.24, 2.45) is 0 Å². The summed E-state index contributed by atoms with van der Waals surface area (Å²) < 4.78 is 10.7. The molecule has 0 unspecified atom stereocenters. The molecule has 0 N–H and O–H groups in total. The normalized spacial score (nSPS) is 12.2. The second kappa shape index (κ2) is 11.2. The zero-order valence-electron chi connectivity index (χ0n) is 20.7. The highest BCUT2D eigenvalue weighted by atomic mass is 35.5. The van der Waals surface area contributed by atoms with E-state index >= 15 is 0 Å². The van der Waals surface area contributed by atoms with Gasteiger partial charge in [-0.25, -0.2) is 9.69 Å². The standard InChI is InChI=1S/C29H16Cl2N2O8/c30-24-13-22-23(14-25(24)31)28(36)32(27(22)35)18-5-1-17(2-6-18)29(37)40-15-26(34)16-3-9-20(10-4-16)41-21-11-7-19(8-12-21)33(38)39/h1-14H,15H2. The number of carbonyl (C=O) groups is 4. The Hall–Kier alpha value is -5.06. The third kappa shape index (κ3) is 5.65. The summed E-state index contributed by atoms with van der Waals surface area (Å²) in [6.07, 6.45) is 0. The largest absolute Gasteiger partial charge is 0.457 e. The molecule has 41 heavy (non-hydrogen) atoms. The molecule has 4 aromatic rings. The molecule has 0 bridgehead atoms. The third-order valence-corrected chi connectivity index (χ3v) is 6.80. The molecule has 0 fully saturated rings. The minimum absolute atomic E-state index is 0.0666. The van der Waals surface area contributed by atoms with Crippen LogP contribution in [0.25, 0.3) is 0 Å². The Morgan fingerprint density at radius 1 is 0.756 bits per heavy atom. The highest BCUT2D eigenvalue weighted by Crippen LogP contribution is 2.34. The fourth-order valence-corrected chi connectivity index (χ4v) is 4.32. The van der Waals surface area contributed by atoms with Gasteiger partial charge in [0.05, 0.1) is 37.3 Å². The first kappa shape index (κ1) is 27.5. The smallest absolute Gasteiger partial charge is 0.338 e. The van der Waals surface area contributed by atoms with Gasteiger partial charge in [0.15, 0.2) is 12.4 Å². The molecule has 0 atom stereocenters. The Labute approximate surface area is 241 Å². The minimum atomic E-state index is -0.774. The molecule has 204 valence electrons. The van der Waals surface area contributed by atoms with Crippen molar-refractivity contribution >= 4 is 58.1 Å². The van der Waals surface area contributed by atoms with Gasteiger partial charge in [0.25, 0.3) is 17.5 Å². The van der Waals surface area contributed by atoms with Crippen molar-refractivity contribution < 1.29 is 33.6 Å². The number of nitro benzene ring substituents is 1. The maximum Gasteiger partial charge on any atom is 0.338 e. The van der Waals surface area contributed by atoms with Crippen molar-refractivity contribution in [2.45, 2.75) is 0 Å². The summed E-state index contributed by atoms with van der Waals surface area (Å²) in [5.41, 5.74) is 0.788. The van der Waals surface area contributed by atoms with Crippen LogP contribution in [0.4, 0.5) is 11.4 Å². The number of nitrogens with zero attached hydrogens (tertiary/aromatic N) is 2. The van der Waals surface area contributed by atoms with E-state index in [1.165, 1.54) is 84.9 Å². The number of hydrogen-bond acceptors (Lipinski definition) is 8. The molecular formula is C29H16Cl2N2O8. The zero-order valence-corrected chi connectivity index (χ0v) is 22.2. The maximum absolute atomic E-state index is 12.8. The lowest BCUT2D eigenvalue weighted by Gasteiger charge is -2.14. The molecule has 1 aliphatic rings. The van der Waals surface area contributed by atoms with Crippen LogP contribution in [0.3, 0.4) is 0 Å². The van der Waals surface area contributed by atoms with Crippen molar-refractivity contribution in [1.29, 1.82) is 0 Å². The highest BCUT2D eigenvalue weighted by Gasteiger charge is 2.37. The predicted octanol–water partition coefficient (Wildman–Crippen LogP) is 6.53. The number of anilines is 1. The SMILES string of the molecule is O=C(COC(=O)c1ccc(N2C(=O)c3cc(Cl)c(Cl)cc3C2=O)cc1)c1ccc(Oc2ccc([N+](=O)[O-])cc2)cc1. The molecule has 0 saturated heterocycles. The van der Waals surface area contributed by atoms with Crippen molar-refractivity contribution in [3.05, 3.63) is 127 Å². The van der Waals surface area contributed by atoms with Gasteiger partial charge in [0, 0.05) is 17.7 Å². The van der Waals surface area contributed by atoms with Gasteiger partial charge in [0.2, 0.25) is 0 Å². The van der Waals surface area contributed by atoms with E-state index in [1.54, 1.807) is 0 Å².